The van der Waals surface area contributed by atoms with Gasteiger partial charge in [0.25, 0.3) is 0 Å². The summed E-state index contributed by atoms with van der Waals surface area (Å²) in [5.41, 5.74) is 10.2. The highest BCUT2D eigenvalue weighted by molar-refractivity contribution is 7.25. The van der Waals surface area contributed by atoms with Crippen LogP contribution in [0.2, 0.25) is 0 Å². The summed E-state index contributed by atoms with van der Waals surface area (Å²) in [5, 5.41) is 7.07. The third kappa shape index (κ3) is 5.12. The minimum Gasteiger partial charge on any atom is -0.456 e. The summed E-state index contributed by atoms with van der Waals surface area (Å²) in [6.45, 7) is 0. The lowest BCUT2D eigenvalue weighted by Crippen LogP contribution is -2.00. The molecule has 12 aromatic rings. The highest BCUT2D eigenvalue weighted by atomic mass is 32.1. The fraction of sp³-hybridized carbons (Fsp3) is 0. The first-order valence-corrected chi connectivity index (χ1v) is 19.8. The monoisotopic (exact) mass is 746 g/mol. The SMILES string of the molecule is c1ccc(-c2nc(-c3ccc4c(c3)oc3ccc(-n5c6ccccc6c6c(-c7ccccc7)cccc65)cc34)nc(-c3ccc4c(c3)sc3ccccc34)n2)cc1. The highest BCUT2D eigenvalue weighted by Gasteiger charge is 2.19. The van der Waals surface area contributed by atoms with E-state index in [1.165, 1.54) is 47.6 Å². The first kappa shape index (κ1) is 31.9. The van der Waals surface area contributed by atoms with Crippen LogP contribution < -0.4 is 0 Å². The van der Waals surface area contributed by atoms with Gasteiger partial charge in [-0.15, -0.1) is 11.3 Å². The van der Waals surface area contributed by atoms with Gasteiger partial charge in [-0.05, 0) is 65.7 Å². The number of aromatic nitrogens is 4. The molecule has 6 heteroatoms. The van der Waals surface area contributed by atoms with Crippen molar-refractivity contribution in [1.29, 1.82) is 0 Å². The van der Waals surface area contributed by atoms with Crippen LogP contribution in [0.4, 0.5) is 0 Å². The van der Waals surface area contributed by atoms with Crippen molar-refractivity contribution >= 4 is 75.3 Å². The van der Waals surface area contributed by atoms with E-state index in [1.54, 1.807) is 11.3 Å². The van der Waals surface area contributed by atoms with E-state index in [-0.39, 0.29) is 0 Å². The lowest BCUT2D eigenvalue weighted by Gasteiger charge is -2.09. The molecule has 266 valence electrons. The number of hydrogen-bond donors (Lipinski definition) is 0. The minimum absolute atomic E-state index is 0.595. The van der Waals surface area contributed by atoms with Gasteiger partial charge in [-0.3, -0.25) is 0 Å². The van der Waals surface area contributed by atoms with Crippen molar-refractivity contribution in [1.82, 2.24) is 19.5 Å². The van der Waals surface area contributed by atoms with Crippen LogP contribution in [0.25, 0.3) is 115 Å². The van der Waals surface area contributed by atoms with Crippen LogP contribution in [0.1, 0.15) is 0 Å². The van der Waals surface area contributed by atoms with E-state index in [2.05, 4.69) is 156 Å². The van der Waals surface area contributed by atoms with Gasteiger partial charge in [0.1, 0.15) is 11.2 Å². The molecule has 0 unspecified atom stereocenters. The molecule has 0 saturated carbocycles. The van der Waals surface area contributed by atoms with Crippen molar-refractivity contribution in [3.8, 4) is 51.0 Å². The van der Waals surface area contributed by atoms with Crippen LogP contribution in [0, 0.1) is 0 Å². The van der Waals surface area contributed by atoms with Gasteiger partial charge < -0.3 is 8.98 Å². The molecule has 0 bridgehead atoms. The topological polar surface area (TPSA) is 56.7 Å². The zero-order valence-corrected chi connectivity index (χ0v) is 31.2. The molecular formula is C51H30N4OS. The molecule has 4 aromatic heterocycles. The summed E-state index contributed by atoms with van der Waals surface area (Å²) in [6.07, 6.45) is 0. The van der Waals surface area contributed by atoms with E-state index in [9.17, 15) is 0 Å². The Kier molecular flexibility index (Phi) is 7.03. The second kappa shape index (κ2) is 12.6. The molecule has 0 spiro atoms. The van der Waals surface area contributed by atoms with Crippen LogP contribution in [0.15, 0.2) is 186 Å². The predicted molar refractivity (Wildman–Crippen MR) is 236 cm³/mol. The molecule has 0 saturated heterocycles. The van der Waals surface area contributed by atoms with Crippen molar-refractivity contribution < 1.29 is 4.42 Å². The number of rotatable bonds is 5. The summed E-state index contributed by atoms with van der Waals surface area (Å²) < 4.78 is 11.4. The Morgan fingerprint density at radius 2 is 1.02 bits per heavy atom. The number of para-hydroxylation sites is 1. The number of thiophene rings is 1. The molecule has 0 amide bonds. The first-order valence-electron chi connectivity index (χ1n) is 19.0. The van der Waals surface area contributed by atoms with Gasteiger partial charge in [0.05, 0.1) is 11.0 Å². The largest absolute Gasteiger partial charge is 0.456 e. The Bertz CT molecular complexity index is 3530. The molecule has 0 radical (unpaired) electrons. The number of furan rings is 1. The molecule has 0 aliphatic heterocycles. The van der Waals surface area contributed by atoms with E-state index >= 15 is 0 Å². The van der Waals surface area contributed by atoms with Crippen LogP contribution in [-0.2, 0) is 0 Å². The third-order valence-electron chi connectivity index (χ3n) is 11.1. The van der Waals surface area contributed by atoms with Crippen LogP contribution in [-0.4, -0.2) is 19.5 Å². The first-order chi connectivity index (χ1) is 28.2. The average Bonchev–Trinajstić information content (AvgIpc) is 3.95. The van der Waals surface area contributed by atoms with E-state index < -0.39 is 0 Å². The standard InChI is InChI=1S/C51H30N4OS/c1-3-12-31(13-4-1)36-18-11-20-43-48(36)40-17-7-9-19-42(40)55(43)35-24-27-44-41(30-35)37-25-22-33(28-45(37)56-44)50-52-49(32-14-5-2-6-15-32)53-51(54-50)34-23-26-39-38-16-8-10-21-46(38)57-47(39)29-34/h1-30H. The maximum absolute atomic E-state index is 6.57. The molecule has 8 aromatic carbocycles. The van der Waals surface area contributed by atoms with Gasteiger partial charge >= 0.3 is 0 Å². The number of benzene rings is 8. The van der Waals surface area contributed by atoms with E-state index in [4.69, 9.17) is 19.4 Å². The summed E-state index contributed by atoms with van der Waals surface area (Å²) in [4.78, 5) is 15.1. The molecule has 0 aliphatic rings. The number of hydrogen-bond acceptors (Lipinski definition) is 5. The van der Waals surface area contributed by atoms with Crippen molar-refractivity contribution in [3.63, 3.8) is 0 Å². The Hall–Kier alpha value is -7.41. The normalized spacial score (nSPS) is 11.9. The summed E-state index contributed by atoms with van der Waals surface area (Å²) in [5.74, 6) is 1.86. The second-order valence-corrected chi connectivity index (χ2v) is 15.5. The lowest BCUT2D eigenvalue weighted by atomic mass is 9.99. The quantitative estimate of drug-likeness (QED) is 0.176. The molecule has 0 fully saturated rings. The zero-order valence-electron chi connectivity index (χ0n) is 30.4. The summed E-state index contributed by atoms with van der Waals surface area (Å²) in [7, 11) is 0. The van der Waals surface area contributed by atoms with Crippen molar-refractivity contribution in [2.45, 2.75) is 0 Å². The Morgan fingerprint density at radius 3 is 1.82 bits per heavy atom. The van der Waals surface area contributed by atoms with E-state index in [0.29, 0.717) is 17.5 Å². The summed E-state index contributed by atoms with van der Waals surface area (Å²) in [6, 6.07) is 63.9. The van der Waals surface area contributed by atoms with Crippen LogP contribution in [0.5, 0.6) is 0 Å². The van der Waals surface area contributed by atoms with Gasteiger partial charge in [0.2, 0.25) is 0 Å². The fourth-order valence-electron chi connectivity index (χ4n) is 8.41. The van der Waals surface area contributed by atoms with Gasteiger partial charge in [-0.25, -0.2) is 15.0 Å². The smallest absolute Gasteiger partial charge is 0.164 e. The van der Waals surface area contributed by atoms with E-state index in [1.807, 2.05) is 30.3 Å². The Balaban J connectivity index is 0.995. The summed E-state index contributed by atoms with van der Waals surface area (Å²) >= 11 is 1.79. The number of nitrogens with zero attached hydrogens (tertiary/aromatic N) is 4. The van der Waals surface area contributed by atoms with Crippen LogP contribution >= 0.6 is 11.3 Å². The molecule has 12 rings (SSSR count). The zero-order chi connectivity index (χ0) is 37.5. The molecular weight excluding hydrogens is 717 g/mol. The molecule has 0 N–H and O–H groups in total. The molecule has 5 nitrogen and oxygen atoms in total. The van der Waals surface area contributed by atoms with Gasteiger partial charge in [-0.2, -0.15) is 0 Å². The molecule has 4 heterocycles. The van der Waals surface area contributed by atoms with E-state index in [0.717, 1.165) is 49.8 Å². The molecule has 0 aliphatic carbocycles. The minimum atomic E-state index is 0.595. The Labute approximate surface area is 330 Å². The number of fused-ring (bicyclic) bond motifs is 9. The predicted octanol–water partition coefficient (Wildman–Crippen LogP) is 13.9. The van der Waals surface area contributed by atoms with Gasteiger partial charge in [0, 0.05) is 64.1 Å². The van der Waals surface area contributed by atoms with Gasteiger partial charge in [0.15, 0.2) is 17.5 Å². The lowest BCUT2D eigenvalue weighted by molar-refractivity contribution is 0.669. The second-order valence-electron chi connectivity index (χ2n) is 14.4. The molecule has 57 heavy (non-hydrogen) atoms. The fourth-order valence-corrected chi connectivity index (χ4v) is 9.56. The van der Waals surface area contributed by atoms with Crippen molar-refractivity contribution in [3.05, 3.63) is 182 Å². The highest BCUT2D eigenvalue weighted by Crippen LogP contribution is 2.41. The maximum atomic E-state index is 6.57. The Morgan fingerprint density at radius 1 is 0.386 bits per heavy atom. The third-order valence-corrected chi connectivity index (χ3v) is 12.2. The van der Waals surface area contributed by atoms with Gasteiger partial charge in [-0.1, -0.05) is 127 Å². The maximum Gasteiger partial charge on any atom is 0.164 e. The average molecular weight is 747 g/mol. The molecule has 0 atom stereocenters. The van der Waals surface area contributed by atoms with Crippen molar-refractivity contribution in [2.24, 2.45) is 0 Å². The van der Waals surface area contributed by atoms with Crippen LogP contribution in [0.3, 0.4) is 0 Å². The van der Waals surface area contributed by atoms with Crippen molar-refractivity contribution in [2.75, 3.05) is 0 Å².